The monoisotopic (exact) mass is 482 g/mol. The number of fused-ring (bicyclic) bond motifs is 1. The number of ketones is 1. The first-order valence-electron chi connectivity index (χ1n) is 10.9. The van der Waals surface area contributed by atoms with Crippen molar-refractivity contribution in [1.82, 2.24) is 14.6 Å². The molecule has 3 aromatic heterocycles. The predicted octanol–water partition coefficient (Wildman–Crippen LogP) is 5.53. The number of hydrogen-bond donors (Lipinski definition) is 2. The van der Waals surface area contributed by atoms with Crippen molar-refractivity contribution in [3.8, 4) is 22.8 Å². The second-order valence-corrected chi connectivity index (χ2v) is 8.67. The van der Waals surface area contributed by atoms with Crippen LogP contribution in [-0.2, 0) is 0 Å². The number of anilines is 1. The van der Waals surface area contributed by atoms with Crippen LogP contribution >= 0.6 is 11.3 Å². The maximum Gasteiger partial charge on any atom is 0.208 e. The molecule has 7 nitrogen and oxygen atoms in total. The van der Waals surface area contributed by atoms with Crippen molar-refractivity contribution in [3.05, 3.63) is 101 Å². The lowest BCUT2D eigenvalue weighted by molar-refractivity contribution is 0.104. The number of carbonyl (C=O) groups is 1. The summed E-state index contributed by atoms with van der Waals surface area (Å²) in [6.07, 6.45) is 7.24. The highest BCUT2D eigenvalue weighted by atomic mass is 32.1. The molecule has 3 heterocycles. The summed E-state index contributed by atoms with van der Waals surface area (Å²) in [5.41, 5.74) is 4.69. The Hall–Kier alpha value is -4.43. The highest BCUT2D eigenvalue weighted by Gasteiger charge is 2.18. The number of rotatable bonds is 8. The van der Waals surface area contributed by atoms with Crippen LogP contribution in [0.2, 0.25) is 0 Å². The Kier molecular flexibility index (Phi) is 6.28. The lowest BCUT2D eigenvalue weighted by atomic mass is 10.1. The fourth-order valence-electron chi connectivity index (χ4n) is 3.77. The Bertz CT molecular complexity index is 1520. The van der Waals surface area contributed by atoms with Crippen LogP contribution in [0.5, 0.6) is 11.5 Å². The van der Waals surface area contributed by atoms with E-state index in [9.17, 15) is 9.90 Å². The molecule has 2 N–H and O–H groups in total. The lowest BCUT2D eigenvalue weighted by Crippen LogP contribution is -2.01. The first-order valence-corrected chi connectivity index (χ1v) is 11.8. The molecule has 5 rings (SSSR count). The van der Waals surface area contributed by atoms with Crippen LogP contribution < -0.4 is 10.1 Å². The number of phenolic OH excluding ortho intramolecular Hbond substituents is 1. The van der Waals surface area contributed by atoms with Gasteiger partial charge in [0.15, 0.2) is 17.1 Å². The van der Waals surface area contributed by atoms with Gasteiger partial charge in [-0.2, -0.15) is 5.10 Å². The van der Waals surface area contributed by atoms with E-state index in [1.54, 1.807) is 29.0 Å². The third-order valence-corrected chi connectivity index (χ3v) is 6.36. The molecule has 35 heavy (non-hydrogen) atoms. The number of hydrogen-bond acceptors (Lipinski definition) is 7. The minimum Gasteiger partial charge on any atom is -0.504 e. The zero-order valence-electron chi connectivity index (χ0n) is 18.9. The van der Waals surface area contributed by atoms with Crippen molar-refractivity contribution < 1.29 is 14.6 Å². The number of thiophene rings is 1. The molecule has 5 aromatic rings. The molecule has 0 unspecified atom stereocenters. The molecule has 8 heteroatoms. The normalized spacial score (nSPS) is 11.2. The van der Waals surface area contributed by atoms with Crippen molar-refractivity contribution in [2.45, 2.75) is 0 Å². The Morgan fingerprint density at radius 2 is 2.09 bits per heavy atom. The largest absolute Gasteiger partial charge is 0.504 e. The van der Waals surface area contributed by atoms with Crippen LogP contribution in [0.3, 0.4) is 0 Å². The number of carbonyl (C=O) groups excluding carboxylic acids is 1. The molecule has 0 saturated carbocycles. The highest BCUT2D eigenvalue weighted by Crippen LogP contribution is 2.27. The van der Waals surface area contributed by atoms with Crippen molar-refractivity contribution in [2.75, 3.05) is 19.0 Å². The average molecular weight is 483 g/mol. The summed E-state index contributed by atoms with van der Waals surface area (Å²) >= 11 is 1.41. The van der Waals surface area contributed by atoms with E-state index in [0.29, 0.717) is 28.4 Å². The van der Waals surface area contributed by atoms with Gasteiger partial charge in [0.05, 0.1) is 29.4 Å². The van der Waals surface area contributed by atoms with Crippen LogP contribution in [0.4, 0.5) is 5.69 Å². The summed E-state index contributed by atoms with van der Waals surface area (Å²) in [5, 5.41) is 19.5. The number of methoxy groups -OCH3 is 1. The van der Waals surface area contributed by atoms with Crippen molar-refractivity contribution in [2.24, 2.45) is 0 Å². The maximum atomic E-state index is 12.9. The molecule has 0 spiro atoms. The molecular formula is C27H22N4O3S. The van der Waals surface area contributed by atoms with Crippen LogP contribution in [0, 0.1) is 0 Å². The van der Waals surface area contributed by atoms with Crippen molar-refractivity contribution in [1.29, 1.82) is 0 Å². The molecule has 0 saturated heterocycles. The molecule has 0 radical (unpaired) electrons. The Morgan fingerprint density at radius 1 is 1.17 bits per heavy atom. The first-order chi connectivity index (χ1) is 17.1. The number of nitrogens with one attached hydrogen (secondary N) is 1. The smallest absolute Gasteiger partial charge is 0.208 e. The second kappa shape index (κ2) is 9.82. The van der Waals surface area contributed by atoms with Gasteiger partial charge in [0.25, 0.3) is 0 Å². The second-order valence-electron chi connectivity index (χ2n) is 7.73. The minimum absolute atomic E-state index is 0.0758. The zero-order valence-corrected chi connectivity index (χ0v) is 19.7. The molecular weight excluding hydrogens is 460 g/mol. The predicted molar refractivity (Wildman–Crippen MR) is 138 cm³/mol. The lowest BCUT2D eigenvalue weighted by Gasteiger charge is -2.09. The Balaban J connectivity index is 1.34. The molecule has 0 aliphatic carbocycles. The summed E-state index contributed by atoms with van der Waals surface area (Å²) in [4.78, 5) is 18.0. The zero-order chi connectivity index (χ0) is 24.2. The third-order valence-electron chi connectivity index (χ3n) is 5.49. The number of nitrogens with zero attached hydrogens (tertiary/aromatic N) is 3. The summed E-state index contributed by atoms with van der Waals surface area (Å²) in [5.74, 6) is 0.480. The standard InChI is InChI=1S/C27H22N4O3S/c1-34-24-15-18(9-10-23(24)32)5-3-12-28-20-7-2-6-19(16-20)22-11-13-29-27-21(17-30-31(22)27)26(33)25-8-4-14-35-25/h2-11,13-17,28,32H,12H2,1H3/b5-3+. The summed E-state index contributed by atoms with van der Waals surface area (Å²) in [7, 11) is 1.53. The van der Waals surface area contributed by atoms with Gasteiger partial charge in [-0.05, 0) is 47.3 Å². The SMILES string of the molecule is COc1cc(/C=C/CNc2cccc(-c3ccnc4c(C(=O)c5cccs5)cnn34)c2)ccc1O. The molecule has 2 aromatic carbocycles. The van der Waals surface area contributed by atoms with E-state index in [4.69, 9.17) is 4.74 Å². The fourth-order valence-corrected chi connectivity index (χ4v) is 4.45. The number of ether oxygens (including phenoxy) is 1. The van der Waals surface area contributed by atoms with Gasteiger partial charge >= 0.3 is 0 Å². The van der Waals surface area contributed by atoms with Crippen LogP contribution in [0.15, 0.2) is 84.5 Å². The molecule has 0 bridgehead atoms. The quantitative estimate of drug-likeness (QED) is 0.283. The van der Waals surface area contributed by atoms with Crippen LogP contribution in [-0.4, -0.2) is 39.1 Å². The van der Waals surface area contributed by atoms with E-state index in [2.05, 4.69) is 15.4 Å². The number of phenols is 1. The van der Waals surface area contributed by atoms with Gasteiger partial charge < -0.3 is 15.2 Å². The van der Waals surface area contributed by atoms with Crippen molar-refractivity contribution in [3.63, 3.8) is 0 Å². The Morgan fingerprint density at radius 3 is 2.91 bits per heavy atom. The van der Waals surface area contributed by atoms with Gasteiger partial charge in [-0.25, -0.2) is 9.50 Å². The van der Waals surface area contributed by atoms with Gasteiger partial charge in [0, 0.05) is 24.0 Å². The van der Waals surface area contributed by atoms with E-state index in [0.717, 1.165) is 22.5 Å². The first kappa shape index (κ1) is 22.4. The fraction of sp³-hybridized carbons (Fsp3) is 0.0741. The topological polar surface area (TPSA) is 88.8 Å². The van der Waals surface area contributed by atoms with Crippen LogP contribution in [0.1, 0.15) is 20.8 Å². The molecule has 0 aliphatic rings. The van der Waals surface area contributed by atoms with Gasteiger partial charge in [-0.15, -0.1) is 11.3 Å². The number of aromatic nitrogens is 3. The van der Waals surface area contributed by atoms with Gasteiger partial charge in [-0.1, -0.05) is 36.4 Å². The minimum atomic E-state index is -0.0758. The van der Waals surface area contributed by atoms with E-state index in [1.807, 2.05) is 66.1 Å². The van der Waals surface area contributed by atoms with E-state index >= 15 is 0 Å². The van der Waals surface area contributed by atoms with E-state index in [-0.39, 0.29) is 11.5 Å². The van der Waals surface area contributed by atoms with E-state index in [1.165, 1.54) is 18.4 Å². The highest BCUT2D eigenvalue weighted by molar-refractivity contribution is 7.12. The molecule has 0 atom stereocenters. The van der Waals surface area contributed by atoms with Gasteiger partial charge in [-0.3, -0.25) is 4.79 Å². The van der Waals surface area contributed by atoms with Gasteiger partial charge in [0.1, 0.15) is 0 Å². The number of aromatic hydroxyl groups is 1. The van der Waals surface area contributed by atoms with Crippen molar-refractivity contribution >= 4 is 34.5 Å². The number of benzene rings is 2. The molecule has 174 valence electrons. The third kappa shape index (κ3) is 4.64. The summed E-state index contributed by atoms with van der Waals surface area (Å²) in [6, 6.07) is 18.8. The summed E-state index contributed by atoms with van der Waals surface area (Å²) in [6.45, 7) is 0.611. The van der Waals surface area contributed by atoms with E-state index < -0.39 is 0 Å². The average Bonchev–Trinajstić information content (AvgIpc) is 3.58. The summed E-state index contributed by atoms with van der Waals surface area (Å²) < 4.78 is 6.86. The maximum absolute atomic E-state index is 12.9. The Labute approximate surface area is 206 Å². The van der Waals surface area contributed by atoms with Crippen LogP contribution in [0.25, 0.3) is 23.0 Å². The molecule has 0 aliphatic heterocycles. The molecule has 0 amide bonds. The van der Waals surface area contributed by atoms with Gasteiger partial charge in [0.2, 0.25) is 5.78 Å². The molecule has 0 fully saturated rings.